The van der Waals surface area contributed by atoms with Gasteiger partial charge in [-0.05, 0) is 38.5 Å². The zero-order valence-electron chi connectivity index (χ0n) is 34.6. The highest BCUT2D eigenvalue weighted by atomic mass is 31.2. The second kappa shape index (κ2) is 35.5. The molecule has 0 aromatic heterocycles. The molecule has 0 heterocycles. The van der Waals surface area contributed by atoms with Crippen molar-refractivity contribution in [2.24, 2.45) is 0 Å². The molecule has 0 rings (SSSR count). The highest BCUT2D eigenvalue weighted by molar-refractivity contribution is 7.47. The molecular weight excluding hydrogens is 677 g/mol. The Bertz CT molecular complexity index is 907. The molecule has 0 bridgehead atoms. The molecule has 308 valence electrons. The van der Waals surface area contributed by atoms with Gasteiger partial charge in [-0.2, -0.15) is 0 Å². The van der Waals surface area contributed by atoms with E-state index in [-0.39, 0.29) is 32.0 Å². The Hall–Kier alpha value is -1.25. The molecule has 10 heteroatoms. The molecule has 0 aliphatic heterocycles. The van der Waals surface area contributed by atoms with Crippen molar-refractivity contribution in [3.8, 4) is 0 Å². The largest absolute Gasteiger partial charge is 0.472 e. The minimum absolute atomic E-state index is 0.0335. The van der Waals surface area contributed by atoms with E-state index in [1.165, 1.54) is 109 Å². The summed E-state index contributed by atoms with van der Waals surface area (Å²) in [7, 11) is 1.48. The molecule has 0 fully saturated rings. The van der Waals surface area contributed by atoms with E-state index < -0.39 is 26.5 Å². The Morgan fingerprint density at radius 3 is 1.42 bits per heavy atom. The zero-order valence-corrected chi connectivity index (χ0v) is 35.5. The van der Waals surface area contributed by atoms with Crippen LogP contribution in [-0.4, -0.2) is 74.9 Å². The number of hydrogen-bond donors (Lipinski definition) is 1. The van der Waals surface area contributed by atoms with Crippen LogP contribution in [0.3, 0.4) is 0 Å². The van der Waals surface area contributed by atoms with E-state index in [4.69, 9.17) is 18.5 Å². The number of phosphoric ester groups is 1. The topological polar surface area (TPSA) is 108 Å². The maximum absolute atomic E-state index is 12.7. The van der Waals surface area contributed by atoms with E-state index in [1.54, 1.807) is 0 Å². The first-order valence-corrected chi connectivity index (χ1v) is 22.9. The number of allylic oxidation sites excluding steroid dienone is 2. The first-order chi connectivity index (χ1) is 25.0. The van der Waals surface area contributed by atoms with Gasteiger partial charge in [0.05, 0.1) is 27.7 Å². The van der Waals surface area contributed by atoms with Gasteiger partial charge in [0.1, 0.15) is 19.8 Å². The predicted molar refractivity (Wildman–Crippen MR) is 215 cm³/mol. The molecule has 0 spiro atoms. The SMILES string of the molecule is CCCCCCC/C=C\CCCCCCCC(=O)OC[C@H](COP(=O)(O)OCC[N+](C)(C)C)OC(=O)CCCCCCCCCCCCCCCC. The summed E-state index contributed by atoms with van der Waals surface area (Å²) < 4.78 is 34.3. The summed E-state index contributed by atoms with van der Waals surface area (Å²) in [6.07, 6.45) is 35.3. The van der Waals surface area contributed by atoms with Gasteiger partial charge in [0.15, 0.2) is 6.10 Å². The third-order valence-corrected chi connectivity index (χ3v) is 10.3. The van der Waals surface area contributed by atoms with Gasteiger partial charge in [0.2, 0.25) is 0 Å². The number of likely N-dealkylation sites (N-methyl/N-ethyl adjacent to an activating group) is 1. The van der Waals surface area contributed by atoms with Crippen LogP contribution in [0, 0.1) is 0 Å². The number of nitrogens with zero attached hydrogens (tertiary/aromatic N) is 1. The van der Waals surface area contributed by atoms with Crippen molar-refractivity contribution in [2.75, 3.05) is 47.5 Å². The quantitative estimate of drug-likeness (QED) is 0.0217. The van der Waals surface area contributed by atoms with Gasteiger partial charge in [0, 0.05) is 12.8 Å². The van der Waals surface area contributed by atoms with Crippen LogP contribution in [0.2, 0.25) is 0 Å². The molecule has 0 saturated heterocycles. The third kappa shape index (κ3) is 38.5. The highest BCUT2D eigenvalue weighted by Gasteiger charge is 2.27. The lowest BCUT2D eigenvalue weighted by atomic mass is 10.0. The molecule has 0 aromatic carbocycles. The molecule has 52 heavy (non-hydrogen) atoms. The molecule has 0 aliphatic carbocycles. The number of phosphoric acid groups is 1. The Labute approximate surface area is 320 Å². The summed E-state index contributed by atoms with van der Waals surface area (Å²) in [5, 5.41) is 0. The Kier molecular flexibility index (Phi) is 34.6. The van der Waals surface area contributed by atoms with Crippen molar-refractivity contribution >= 4 is 19.8 Å². The van der Waals surface area contributed by atoms with E-state index in [0.717, 1.165) is 51.4 Å². The van der Waals surface area contributed by atoms with E-state index in [1.807, 2.05) is 21.1 Å². The summed E-state index contributed by atoms with van der Waals surface area (Å²) in [5.74, 6) is -0.801. The molecule has 2 atom stereocenters. The van der Waals surface area contributed by atoms with Crippen molar-refractivity contribution in [1.29, 1.82) is 0 Å². The molecule has 1 unspecified atom stereocenters. The van der Waals surface area contributed by atoms with Crippen LogP contribution in [-0.2, 0) is 32.7 Å². The van der Waals surface area contributed by atoms with E-state index >= 15 is 0 Å². The molecular formula is C42H83NO8P+. The van der Waals surface area contributed by atoms with Crippen LogP contribution in [0.25, 0.3) is 0 Å². The standard InChI is InChI=1S/C42H82NO8P/c1-6-8-10-12-14-16-18-20-22-24-26-28-30-32-34-41(44)48-38-40(39-50-52(46,47)49-37-36-43(3,4)5)51-42(45)35-33-31-29-27-25-23-21-19-17-15-13-11-9-7-2/h18,20,40H,6-17,19,21-39H2,1-5H3/p+1/b20-18-/t40-/m1/s1. The van der Waals surface area contributed by atoms with Gasteiger partial charge in [0.25, 0.3) is 0 Å². The number of carbonyl (C=O) groups excluding carboxylic acids is 2. The monoisotopic (exact) mass is 761 g/mol. The smallest absolute Gasteiger partial charge is 0.462 e. The molecule has 0 saturated carbocycles. The second-order valence-electron chi connectivity index (χ2n) is 15.7. The fourth-order valence-corrected chi connectivity index (χ4v) is 6.63. The van der Waals surface area contributed by atoms with Crippen molar-refractivity contribution < 1.29 is 42.1 Å². The van der Waals surface area contributed by atoms with Crippen LogP contribution in [0.15, 0.2) is 12.2 Å². The van der Waals surface area contributed by atoms with Gasteiger partial charge in [-0.1, -0.05) is 154 Å². The maximum Gasteiger partial charge on any atom is 0.472 e. The Balaban J connectivity index is 4.37. The van der Waals surface area contributed by atoms with Gasteiger partial charge in [-0.15, -0.1) is 0 Å². The molecule has 9 nitrogen and oxygen atoms in total. The van der Waals surface area contributed by atoms with E-state index in [0.29, 0.717) is 17.4 Å². The van der Waals surface area contributed by atoms with Crippen molar-refractivity contribution in [2.45, 2.75) is 200 Å². The van der Waals surface area contributed by atoms with Crippen LogP contribution in [0.1, 0.15) is 194 Å². The molecule has 1 N–H and O–H groups in total. The van der Waals surface area contributed by atoms with E-state index in [2.05, 4.69) is 26.0 Å². The number of esters is 2. The third-order valence-electron chi connectivity index (χ3n) is 9.30. The first kappa shape index (κ1) is 50.8. The first-order valence-electron chi connectivity index (χ1n) is 21.4. The number of ether oxygens (including phenoxy) is 2. The number of quaternary nitrogens is 1. The minimum Gasteiger partial charge on any atom is -0.462 e. The minimum atomic E-state index is -4.37. The van der Waals surface area contributed by atoms with Gasteiger partial charge in [-0.25, -0.2) is 4.57 Å². The molecule has 0 radical (unpaired) electrons. The second-order valence-corrected chi connectivity index (χ2v) is 17.2. The number of rotatable bonds is 39. The van der Waals surface area contributed by atoms with Crippen LogP contribution in [0.5, 0.6) is 0 Å². The number of carbonyl (C=O) groups is 2. The highest BCUT2D eigenvalue weighted by Crippen LogP contribution is 2.43. The van der Waals surface area contributed by atoms with Crippen LogP contribution < -0.4 is 0 Å². The number of hydrogen-bond acceptors (Lipinski definition) is 7. The number of unbranched alkanes of at least 4 members (excludes halogenated alkanes) is 23. The average Bonchev–Trinajstić information content (AvgIpc) is 3.09. The summed E-state index contributed by atoms with van der Waals surface area (Å²) in [6, 6.07) is 0. The predicted octanol–water partition coefficient (Wildman–Crippen LogP) is 11.8. The van der Waals surface area contributed by atoms with E-state index in [9.17, 15) is 19.0 Å². The molecule has 0 aromatic rings. The maximum atomic E-state index is 12.7. The molecule has 0 aliphatic rings. The van der Waals surface area contributed by atoms with Crippen LogP contribution in [0.4, 0.5) is 0 Å². The summed E-state index contributed by atoms with van der Waals surface area (Å²) in [5.41, 5.74) is 0. The Morgan fingerprint density at radius 2 is 0.981 bits per heavy atom. The average molecular weight is 761 g/mol. The summed E-state index contributed by atoms with van der Waals surface area (Å²) in [6.45, 7) is 4.42. The fraction of sp³-hybridized carbons (Fsp3) is 0.905. The van der Waals surface area contributed by atoms with Gasteiger partial charge >= 0.3 is 19.8 Å². The zero-order chi connectivity index (χ0) is 38.6. The fourth-order valence-electron chi connectivity index (χ4n) is 5.89. The lowest BCUT2D eigenvalue weighted by Gasteiger charge is -2.24. The normalized spacial score (nSPS) is 13.7. The van der Waals surface area contributed by atoms with Crippen molar-refractivity contribution in [3.05, 3.63) is 12.2 Å². The lowest BCUT2D eigenvalue weighted by Crippen LogP contribution is -2.37. The Morgan fingerprint density at radius 1 is 0.577 bits per heavy atom. The van der Waals surface area contributed by atoms with Gasteiger partial charge < -0.3 is 18.9 Å². The van der Waals surface area contributed by atoms with Gasteiger partial charge in [-0.3, -0.25) is 18.6 Å². The van der Waals surface area contributed by atoms with Crippen molar-refractivity contribution in [1.82, 2.24) is 0 Å². The summed E-state index contributed by atoms with van der Waals surface area (Å²) in [4.78, 5) is 35.3. The van der Waals surface area contributed by atoms with Crippen molar-refractivity contribution in [3.63, 3.8) is 0 Å². The molecule has 0 amide bonds. The van der Waals surface area contributed by atoms with Crippen LogP contribution >= 0.6 is 7.82 Å². The lowest BCUT2D eigenvalue weighted by molar-refractivity contribution is -0.870. The summed E-state index contributed by atoms with van der Waals surface area (Å²) >= 11 is 0.